The zero-order valence-electron chi connectivity index (χ0n) is 7.20. The van der Waals surface area contributed by atoms with Gasteiger partial charge in [0.05, 0.1) is 0 Å². The maximum absolute atomic E-state index is 7.44. The van der Waals surface area contributed by atoms with E-state index in [2.05, 4.69) is 12.2 Å². The van der Waals surface area contributed by atoms with Gasteiger partial charge in [0.15, 0.2) is 0 Å². The molecule has 0 aliphatic carbocycles. The van der Waals surface area contributed by atoms with Gasteiger partial charge in [0.1, 0.15) is 0 Å². The van der Waals surface area contributed by atoms with Crippen LogP contribution in [-0.2, 0) is 4.74 Å². The Kier molecular flexibility index (Phi) is 2.97. The largest absolute Gasteiger partial charge is 0.413 e. The fraction of sp³-hybridized carbons (Fsp3) is 0.111. The summed E-state index contributed by atoms with van der Waals surface area (Å²) in [4.78, 5) is 0. The molecule has 0 radical (unpaired) electrons. The molecular formula is C9H10N2OS. The van der Waals surface area contributed by atoms with Gasteiger partial charge in [-0.25, -0.2) is 0 Å². The van der Waals surface area contributed by atoms with Crippen LogP contribution >= 0.6 is 12.2 Å². The predicted molar refractivity (Wildman–Crippen MR) is 55.9 cm³/mol. The second kappa shape index (κ2) is 4.00. The first-order chi connectivity index (χ1) is 6.09. The van der Waals surface area contributed by atoms with Gasteiger partial charge in [0.25, 0.3) is 5.17 Å². The minimum Gasteiger partial charge on any atom is -0.413 e. The summed E-state index contributed by atoms with van der Waals surface area (Å²) < 4.78 is 4.77. The molecule has 0 atom stereocenters. The van der Waals surface area contributed by atoms with Crippen molar-refractivity contribution in [2.45, 2.75) is 6.92 Å². The van der Waals surface area contributed by atoms with E-state index in [4.69, 9.17) is 15.9 Å². The van der Waals surface area contributed by atoms with Gasteiger partial charge in [-0.05, 0) is 31.3 Å². The summed E-state index contributed by atoms with van der Waals surface area (Å²) >= 11 is 4.51. The molecule has 0 fully saturated rings. The van der Waals surface area contributed by atoms with Crippen LogP contribution in [0, 0.1) is 12.3 Å². The number of aryl methyl sites for hydroxylation is 1. The molecule has 68 valence electrons. The highest BCUT2D eigenvalue weighted by Gasteiger charge is 2.02. The fourth-order valence-electron chi connectivity index (χ4n) is 0.864. The fourth-order valence-corrected chi connectivity index (χ4v) is 0.948. The van der Waals surface area contributed by atoms with Gasteiger partial charge in [-0.15, -0.1) is 0 Å². The van der Waals surface area contributed by atoms with Crippen molar-refractivity contribution in [3.05, 3.63) is 35.4 Å². The second-order valence-electron chi connectivity index (χ2n) is 2.62. The molecule has 0 saturated carbocycles. The Morgan fingerprint density at radius 2 is 1.92 bits per heavy atom. The Morgan fingerprint density at radius 3 is 2.38 bits per heavy atom. The Balaban J connectivity index is 2.78. The zero-order valence-corrected chi connectivity index (χ0v) is 8.02. The Bertz CT molecular complexity index is 332. The Labute approximate surface area is 82.0 Å². The highest BCUT2D eigenvalue weighted by Crippen LogP contribution is 2.04. The predicted octanol–water partition coefficient (Wildman–Crippen LogP) is 1.58. The van der Waals surface area contributed by atoms with Gasteiger partial charge in [-0.3, -0.25) is 5.41 Å². The molecule has 0 aliphatic rings. The number of rotatable bonds is 1. The molecule has 0 saturated heterocycles. The highest BCUT2D eigenvalue weighted by atomic mass is 32.1. The molecule has 0 bridgehead atoms. The average molecular weight is 194 g/mol. The number of ether oxygens (including phenoxy) is 1. The summed E-state index contributed by atoms with van der Waals surface area (Å²) in [6, 6.07) is 7.37. The summed E-state index contributed by atoms with van der Waals surface area (Å²) in [6.07, 6.45) is 0. The van der Waals surface area contributed by atoms with E-state index in [1.54, 1.807) is 12.1 Å². The van der Waals surface area contributed by atoms with Crippen molar-refractivity contribution in [1.29, 1.82) is 5.41 Å². The molecule has 1 rings (SSSR count). The first-order valence-electron chi connectivity index (χ1n) is 3.72. The van der Waals surface area contributed by atoms with Crippen molar-refractivity contribution < 1.29 is 4.74 Å². The van der Waals surface area contributed by atoms with E-state index >= 15 is 0 Å². The number of thiocarbonyl (C=S) groups is 1. The molecule has 1 aromatic carbocycles. The molecule has 4 heteroatoms. The highest BCUT2D eigenvalue weighted by molar-refractivity contribution is 7.80. The Morgan fingerprint density at radius 1 is 1.38 bits per heavy atom. The molecular weight excluding hydrogens is 184 g/mol. The van der Waals surface area contributed by atoms with Crippen LogP contribution in [0.1, 0.15) is 11.1 Å². The van der Waals surface area contributed by atoms with Crippen LogP contribution in [0.15, 0.2) is 24.3 Å². The van der Waals surface area contributed by atoms with Crippen LogP contribution in [0.25, 0.3) is 0 Å². The first-order valence-corrected chi connectivity index (χ1v) is 4.13. The summed E-state index contributed by atoms with van der Waals surface area (Å²) in [5.41, 5.74) is 6.93. The van der Waals surface area contributed by atoms with E-state index in [9.17, 15) is 0 Å². The van der Waals surface area contributed by atoms with Gasteiger partial charge in [-0.2, -0.15) is 0 Å². The molecule has 3 nitrogen and oxygen atoms in total. The van der Waals surface area contributed by atoms with Crippen LogP contribution in [0.5, 0.6) is 0 Å². The van der Waals surface area contributed by atoms with Crippen LogP contribution in [0.3, 0.4) is 0 Å². The molecule has 0 aromatic heterocycles. The van der Waals surface area contributed by atoms with E-state index in [1.807, 2.05) is 19.1 Å². The number of hydrogen-bond acceptors (Lipinski definition) is 3. The summed E-state index contributed by atoms with van der Waals surface area (Å²) in [7, 11) is 0. The lowest BCUT2D eigenvalue weighted by atomic mass is 10.1. The summed E-state index contributed by atoms with van der Waals surface area (Å²) in [5.74, 6) is -0.0208. The van der Waals surface area contributed by atoms with Gasteiger partial charge in [0.2, 0.25) is 5.90 Å². The maximum Gasteiger partial charge on any atom is 0.260 e. The van der Waals surface area contributed by atoms with Crippen molar-refractivity contribution in [3.8, 4) is 0 Å². The van der Waals surface area contributed by atoms with Gasteiger partial charge in [-0.1, -0.05) is 17.7 Å². The molecule has 3 N–H and O–H groups in total. The van der Waals surface area contributed by atoms with Crippen LogP contribution in [0.2, 0.25) is 0 Å². The monoisotopic (exact) mass is 194 g/mol. The van der Waals surface area contributed by atoms with Crippen molar-refractivity contribution >= 4 is 23.3 Å². The molecule has 0 heterocycles. The third-order valence-electron chi connectivity index (χ3n) is 1.52. The smallest absolute Gasteiger partial charge is 0.260 e. The quantitative estimate of drug-likeness (QED) is 0.405. The molecule has 1 aromatic rings. The van der Waals surface area contributed by atoms with Gasteiger partial charge < -0.3 is 10.5 Å². The average Bonchev–Trinajstić information content (AvgIpc) is 2.04. The molecule has 13 heavy (non-hydrogen) atoms. The number of hydrogen-bond donors (Lipinski definition) is 2. The number of nitrogens with two attached hydrogens (primary N) is 1. The lowest BCUT2D eigenvalue weighted by molar-refractivity contribution is 0.548. The van der Waals surface area contributed by atoms with Crippen LogP contribution in [0.4, 0.5) is 0 Å². The number of benzene rings is 1. The van der Waals surface area contributed by atoms with E-state index in [-0.39, 0.29) is 11.1 Å². The van der Waals surface area contributed by atoms with Gasteiger partial charge in [0, 0.05) is 5.56 Å². The Hall–Kier alpha value is -1.42. The lowest BCUT2D eigenvalue weighted by Gasteiger charge is -2.04. The van der Waals surface area contributed by atoms with Crippen molar-refractivity contribution in [1.82, 2.24) is 0 Å². The molecule has 0 amide bonds. The minimum atomic E-state index is -0.134. The molecule has 0 spiro atoms. The minimum absolute atomic E-state index is 0.0208. The van der Waals surface area contributed by atoms with Crippen LogP contribution in [-0.4, -0.2) is 11.1 Å². The second-order valence-corrected chi connectivity index (χ2v) is 3.02. The van der Waals surface area contributed by atoms with Gasteiger partial charge >= 0.3 is 0 Å². The number of nitrogens with one attached hydrogen (secondary N) is 1. The van der Waals surface area contributed by atoms with E-state index in [1.165, 1.54) is 0 Å². The van der Waals surface area contributed by atoms with E-state index in [0.29, 0.717) is 5.56 Å². The molecule has 0 aliphatic heterocycles. The third-order valence-corrected chi connectivity index (χ3v) is 1.60. The summed E-state index contributed by atoms with van der Waals surface area (Å²) in [5, 5.41) is 7.31. The molecule has 0 unspecified atom stereocenters. The van der Waals surface area contributed by atoms with Crippen molar-refractivity contribution in [2.75, 3.05) is 0 Å². The lowest BCUT2D eigenvalue weighted by Crippen LogP contribution is -2.18. The maximum atomic E-state index is 7.44. The van der Waals surface area contributed by atoms with Crippen molar-refractivity contribution in [2.24, 2.45) is 5.73 Å². The topological polar surface area (TPSA) is 59.1 Å². The third kappa shape index (κ3) is 2.83. The standard InChI is InChI=1S/C9H10N2OS/c1-6-2-4-7(5-3-6)8(10)12-9(11)13/h2-5,10H,1H3,(H2,11,13). The van der Waals surface area contributed by atoms with E-state index < -0.39 is 0 Å². The zero-order chi connectivity index (χ0) is 9.84. The summed E-state index contributed by atoms with van der Waals surface area (Å²) in [6.45, 7) is 1.97. The normalized spacial score (nSPS) is 9.31. The first kappa shape index (κ1) is 9.67. The van der Waals surface area contributed by atoms with Crippen LogP contribution < -0.4 is 5.73 Å². The van der Waals surface area contributed by atoms with Crippen molar-refractivity contribution in [3.63, 3.8) is 0 Å². The van der Waals surface area contributed by atoms with E-state index in [0.717, 1.165) is 5.56 Å². The SMILES string of the molecule is Cc1ccc(C(=N)OC(N)=S)cc1.